The molecule has 0 amide bonds. The molecule has 4 atom stereocenters. The Kier molecular flexibility index (Phi) is 8.20. The van der Waals surface area contributed by atoms with Crippen LogP contribution >= 0.6 is 11.6 Å². The first-order valence-electron chi connectivity index (χ1n) is 10.1. The van der Waals surface area contributed by atoms with Crippen LogP contribution in [0, 0.1) is 5.82 Å². The number of ether oxygens (including phenoxy) is 2. The molecule has 182 valence electrons. The summed E-state index contributed by atoms with van der Waals surface area (Å²) in [6.07, 6.45) is -10.8. The fourth-order valence-electron chi connectivity index (χ4n) is 3.55. The lowest BCUT2D eigenvalue weighted by atomic mass is 9.99. The van der Waals surface area contributed by atoms with E-state index in [-0.39, 0.29) is 23.6 Å². The second kappa shape index (κ2) is 10.5. The molecule has 0 saturated carbocycles. The fourth-order valence-corrected chi connectivity index (χ4v) is 3.85. The summed E-state index contributed by atoms with van der Waals surface area (Å²) < 4.78 is 63.2. The molecular formula is C22H23ClF4O6. The van der Waals surface area contributed by atoms with Crippen LogP contribution in [0.1, 0.15) is 28.7 Å². The van der Waals surface area contributed by atoms with Crippen LogP contribution in [-0.2, 0) is 24.2 Å². The van der Waals surface area contributed by atoms with E-state index in [2.05, 4.69) is 0 Å². The number of hydrogen-bond acceptors (Lipinski definition) is 6. The molecule has 2 aromatic rings. The second-order valence-electron chi connectivity index (χ2n) is 7.83. The molecule has 1 aliphatic heterocycles. The molecule has 0 bridgehead atoms. The summed E-state index contributed by atoms with van der Waals surface area (Å²) in [5.74, 6) is -0.962. The van der Waals surface area contributed by atoms with Gasteiger partial charge in [0, 0.05) is 23.4 Å². The minimum absolute atomic E-state index is 0.00856. The van der Waals surface area contributed by atoms with Crippen molar-refractivity contribution in [3.8, 4) is 5.75 Å². The lowest BCUT2D eigenvalue weighted by Gasteiger charge is -2.36. The van der Waals surface area contributed by atoms with E-state index in [1.165, 1.54) is 18.2 Å². The van der Waals surface area contributed by atoms with Crippen LogP contribution < -0.4 is 4.74 Å². The van der Waals surface area contributed by atoms with Gasteiger partial charge in [-0.2, -0.15) is 13.2 Å². The summed E-state index contributed by atoms with van der Waals surface area (Å²) in [5.41, 5.74) is 0.468. The van der Waals surface area contributed by atoms with Crippen molar-refractivity contribution >= 4 is 11.6 Å². The molecule has 0 aliphatic carbocycles. The van der Waals surface area contributed by atoms with E-state index < -0.39 is 61.8 Å². The lowest BCUT2D eigenvalue weighted by Crippen LogP contribution is -2.51. The highest BCUT2D eigenvalue weighted by Gasteiger charge is 2.38. The van der Waals surface area contributed by atoms with Crippen LogP contribution in [0.4, 0.5) is 17.6 Å². The molecule has 6 nitrogen and oxygen atoms in total. The van der Waals surface area contributed by atoms with E-state index in [0.29, 0.717) is 16.7 Å². The Hall–Kier alpha value is -1.95. The fraction of sp³-hybridized carbons (Fsp3) is 0.455. The highest BCUT2D eigenvalue weighted by molar-refractivity contribution is 6.31. The van der Waals surface area contributed by atoms with E-state index >= 15 is 0 Å². The van der Waals surface area contributed by atoms with Crippen molar-refractivity contribution in [2.75, 3.05) is 6.61 Å². The summed E-state index contributed by atoms with van der Waals surface area (Å²) >= 11 is 6.33. The highest BCUT2D eigenvalue weighted by Crippen LogP contribution is 2.34. The minimum atomic E-state index is -4.55. The van der Waals surface area contributed by atoms with E-state index in [1.807, 2.05) is 0 Å². The van der Waals surface area contributed by atoms with Gasteiger partial charge in [0.1, 0.15) is 17.7 Å². The van der Waals surface area contributed by atoms with Gasteiger partial charge in [-0.1, -0.05) is 23.7 Å². The van der Waals surface area contributed by atoms with Gasteiger partial charge >= 0.3 is 6.18 Å². The van der Waals surface area contributed by atoms with E-state index in [1.54, 1.807) is 0 Å². The zero-order chi connectivity index (χ0) is 24.3. The third kappa shape index (κ3) is 6.56. The number of rotatable bonds is 7. The summed E-state index contributed by atoms with van der Waals surface area (Å²) in [7, 11) is 0. The maximum absolute atomic E-state index is 14.3. The van der Waals surface area contributed by atoms with Gasteiger partial charge in [-0.05, 0) is 34.9 Å². The van der Waals surface area contributed by atoms with Crippen LogP contribution in [0.15, 0.2) is 30.3 Å². The summed E-state index contributed by atoms with van der Waals surface area (Å²) in [6.45, 7) is -0.815. The molecule has 1 heterocycles. The molecule has 0 aromatic heterocycles. The summed E-state index contributed by atoms with van der Waals surface area (Å²) in [5, 5.41) is 39.2. The third-order valence-electron chi connectivity index (χ3n) is 5.24. The molecule has 0 spiro atoms. The van der Waals surface area contributed by atoms with Crippen molar-refractivity contribution in [2.45, 2.75) is 56.6 Å². The average Bonchev–Trinajstić information content (AvgIpc) is 2.74. The van der Waals surface area contributed by atoms with Gasteiger partial charge < -0.3 is 29.9 Å². The first kappa shape index (κ1) is 25.7. The predicted octanol–water partition coefficient (Wildman–Crippen LogP) is 2.87. The number of alkyl halides is 3. The van der Waals surface area contributed by atoms with E-state index in [0.717, 1.165) is 12.1 Å². The van der Waals surface area contributed by atoms with Gasteiger partial charge in [0.05, 0.1) is 31.8 Å². The Labute approximate surface area is 192 Å². The molecule has 4 N–H and O–H groups in total. The Morgan fingerprint density at radius 1 is 1.09 bits per heavy atom. The summed E-state index contributed by atoms with van der Waals surface area (Å²) in [6, 6.07) is 6.22. The molecule has 1 saturated heterocycles. The molecule has 2 aromatic carbocycles. The van der Waals surface area contributed by atoms with E-state index in [9.17, 15) is 38.0 Å². The van der Waals surface area contributed by atoms with Crippen molar-refractivity contribution in [3.63, 3.8) is 0 Å². The Morgan fingerprint density at radius 2 is 1.82 bits per heavy atom. The van der Waals surface area contributed by atoms with Crippen LogP contribution in [0.25, 0.3) is 0 Å². The van der Waals surface area contributed by atoms with Gasteiger partial charge in [-0.25, -0.2) is 4.39 Å². The predicted molar refractivity (Wildman–Crippen MR) is 109 cm³/mol. The topological polar surface area (TPSA) is 99.4 Å². The second-order valence-corrected chi connectivity index (χ2v) is 8.23. The van der Waals surface area contributed by atoms with Crippen molar-refractivity contribution < 1.29 is 47.5 Å². The largest absolute Gasteiger partial charge is 0.462 e. The quantitative estimate of drug-likeness (QED) is 0.442. The monoisotopic (exact) mass is 494 g/mol. The lowest BCUT2D eigenvalue weighted by molar-refractivity contribution is -0.240. The molecule has 0 unspecified atom stereocenters. The smallest absolute Gasteiger partial charge is 0.393 e. The van der Waals surface area contributed by atoms with Crippen molar-refractivity contribution in [2.24, 2.45) is 0 Å². The standard InChI is InChI=1S/C22H23ClF4O6/c23-16-4-12(9-28)6-19(33-21-20(31)18(30)7-14(10-29)32-21)15(16)3-11-1-2-13(17(24)5-11)8-22(25,26)27/h1-2,4-6,14,18,20-21,28-31H,3,7-10H2/t14-,18-,20+,21-/m0/s1. The van der Waals surface area contributed by atoms with Crippen LogP contribution in [-0.4, -0.2) is 57.8 Å². The van der Waals surface area contributed by atoms with Crippen LogP contribution in [0.3, 0.4) is 0 Å². The Bertz CT molecular complexity index is 971. The maximum Gasteiger partial charge on any atom is 0.393 e. The van der Waals surface area contributed by atoms with Gasteiger partial charge in [-0.3, -0.25) is 0 Å². The van der Waals surface area contributed by atoms with Gasteiger partial charge in [0.15, 0.2) is 0 Å². The molecular weight excluding hydrogens is 472 g/mol. The number of benzene rings is 2. The number of hydrogen-bond donors (Lipinski definition) is 4. The third-order valence-corrected chi connectivity index (χ3v) is 5.57. The Morgan fingerprint density at radius 3 is 2.42 bits per heavy atom. The molecule has 11 heteroatoms. The first-order valence-corrected chi connectivity index (χ1v) is 10.4. The number of halogens is 5. The van der Waals surface area contributed by atoms with Crippen LogP contribution in [0.5, 0.6) is 5.75 Å². The molecule has 1 fully saturated rings. The van der Waals surface area contributed by atoms with Crippen LogP contribution in [0.2, 0.25) is 5.02 Å². The molecule has 0 radical (unpaired) electrons. The zero-order valence-electron chi connectivity index (χ0n) is 17.2. The van der Waals surface area contributed by atoms with Crippen molar-refractivity contribution in [1.29, 1.82) is 0 Å². The Balaban J connectivity index is 1.90. The first-order chi connectivity index (χ1) is 15.5. The van der Waals surface area contributed by atoms with Gasteiger partial charge in [0.25, 0.3) is 0 Å². The minimum Gasteiger partial charge on any atom is -0.462 e. The normalized spacial score (nSPS) is 23.5. The highest BCUT2D eigenvalue weighted by atomic mass is 35.5. The maximum atomic E-state index is 14.3. The van der Waals surface area contributed by atoms with Crippen molar-refractivity contribution in [3.05, 3.63) is 63.4 Å². The average molecular weight is 495 g/mol. The van der Waals surface area contributed by atoms with Crippen molar-refractivity contribution in [1.82, 2.24) is 0 Å². The SMILES string of the molecule is OCc1cc(Cl)c(Cc2ccc(CC(F)(F)F)c(F)c2)c(O[C@@H]2O[C@H](CO)C[C@H](O)[C@H]2O)c1. The zero-order valence-corrected chi connectivity index (χ0v) is 18.0. The van der Waals surface area contributed by atoms with E-state index in [4.69, 9.17) is 21.1 Å². The molecule has 3 rings (SSSR count). The van der Waals surface area contributed by atoms with Gasteiger partial charge in [-0.15, -0.1) is 0 Å². The number of aliphatic hydroxyl groups excluding tert-OH is 4. The summed E-state index contributed by atoms with van der Waals surface area (Å²) in [4.78, 5) is 0. The molecule has 33 heavy (non-hydrogen) atoms. The van der Waals surface area contributed by atoms with Gasteiger partial charge in [0.2, 0.25) is 6.29 Å². The number of aliphatic hydroxyl groups is 4. The molecule has 1 aliphatic rings.